The lowest BCUT2D eigenvalue weighted by Gasteiger charge is -2.40. The molecule has 0 saturated carbocycles. The van der Waals surface area contributed by atoms with Gasteiger partial charge in [-0.15, -0.1) is 0 Å². The third-order valence-electron chi connectivity index (χ3n) is 3.35. The molecular formula is C12H11F13I2. The van der Waals surface area contributed by atoms with E-state index in [4.69, 9.17) is 0 Å². The molecule has 0 bridgehead atoms. The van der Waals surface area contributed by atoms with Gasteiger partial charge in [0.1, 0.15) is 0 Å². The maximum Gasteiger partial charge on any atom is 0.460 e. The number of halogens is 15. The SMILES string of the molecule is CC(I)CCC(I)CC(F)(F)C(F)(F)C(F)(F)C(F)(F)C(F)(F)C(F)(F)F. The van der Waals surface area contributed by atoms with Gasteiger partial charge in [-0.2, -0.15) is 57.1 Å². The first-order valence-electron chi connectivity index (χ1n) is 6.80. The van der Waals surface area contributed by atoms with Crippen molar-refractivity contribution in [3.8, 4) is 0 Å². The minimum Gasteiger partial charge on any atom is -0.200 e. The maximum absolute atomic E-state index is 13.6. The van der Waals surface area contributed by atoms with E-state index < -0.39 is 46.1 Å². The van der Waals surface area contributed by atoms with E-state index >= 15 is 0 Å². The van der Waals surface area contributed by atoms with Crippen LogP contribution in [0.1, 0.15) is 26.2 Å². The van der Waals surface area contributed by atoms with Crippen molar-refractivity contribution in [1.82, 2.24) is 0 Å². The standard InChI is InChI=1S/C12H11F13I2/c1-5(26)2-3-6(27)4-7(13,14)8(15,16)9(17,18)10(19,20)11(21,22)12(23,24)25/h5-6H,2-4H2,1H3. The second-order valence-corrected chi connectivity index (χ2v) is 9.55. The molecule has 0 saturated heterocycles. The van der Waals surface area contributed by atoms with E-state index in [1.165, 1.54) is 0 Å². The summed E-state index contributed by atoms with van der Waals surface area (Å²) in [7, 11) is 0. The average Bonchev–Trinajstić information content (AvgIpc) is 2.42. The Balaban J connectivity index is 5.87. The second kappa shape index (κ2) is 8.35. The molecule has 0 fully saturated rings. The van der Waals surface area contributed by atoms with Crippen molar-refractivity contribution in [3.05, 3.63) is 0 Å². The van der Waals surface area contributed by atoms with Gasteiger partial charge in [0.05, 0.1) is 0 Å². The van der Waals surface area contributed by atoms with E-state index in [0.717, 1.165) is 22.6 Å². The van der Waals surface area contributed by atoms with Crippen LogP contribution >= 0.6 is 45.2 Å². The molecule has 164 valence electrons. The predicted molar refractivity (Wildman–Crippen MR) is 85.9 cm³/mol. The molecule has 0 aromatic carbocycles. The molecule has 0 N–H and O–H groups in total. The van der Waals surface area contributed by atoms with Gasteiger partial charge in [0.2, 0.25) is 0 Å². The molecule has 2 unspecified atom stereocenters. The highest BCUT2D eigenvalue weighted by Crippen LogP contribution is 2.61. The molecule has 27 heavy (non-hydrogen) atoms. The molecule has 15 heteroatoms. The highest BCUT2D eigenvalue weighted by atomic mass is 127. The molecule has 0 aliphatic carbocycles. The zero-order valence-electron chi connectivity index (χ0n) is 12.9. The second-order valence-electron chi connectivity index (χ2n) is 5.66. The minimum atomic E-state index is -7.83. The summed E-state index contributed by atoms with van der Waals surface area (Å²) < 4.78 is 166. The predicted octanol–water partition coefficient (Wildman–Crippen LogP) is 7.52. The van der Waals surface area contributed by atoms with Crippen molar-refractivity contribution in [2.75, 3.05) is 0 Å². The van der Waals surface area contributed by atoms with E-state index in [1.807, 2.05) is 22.6 Å². The number of rotatable bonds is 9. The lowest BCUT2D eigenvalue weighted by Crippen LogP contribution is -2.70. The van der Waals surface area contributed by atoms with Crippen LogP contribution in [0.2, 0.25) is 0 Å². The molecule has 0 aromatic heterocycles. The first-order valence-corrected chi connectivity index (χ1v) is 9.29. The quantitative estimate of drug-likeness (QED) is 0.137. The number of alkyl halides is 15. The van der Waals surface area contributed by atoms with Crippen LogP contribution in [0.3, 0.4) is 0 Å². The van der Waals surface area contributed by atoms with Crippen molar-refractivity contribution in [1.29, 1.82) is 0 Å². The molecule has 2 atom stereocenters. The van der Waals surface area contributed by atoms with Gasteiger partial charge in [0.15, 0.2) is 0 Å². The molecule has 0 aromatic rings. The third kappa shape index (κ3) is 5.19. The van der Waals surface area contributed by atoms with E-state index in [-0.39, 0.29) is 16.8 Å². The molecule has 0 aliphatic rings. The summed E-state index contributed by atoms with van der Waals surface area (Å²) in [5, 5.41) is 0. The first kappa shape index (κ1) is 27.5. The zero-order chi connectivity index (χ0) is 22.3. The Labute approximate surface area is 171 Å². The number of hydrogen-bond acceptors (Lipinski definition) is 0. The lowest BCUT2D eigenvalue weighted by molar-refractivity contribution is -0.440. The van der Waals surface area contributed by atoms with Crippen LogP contribution in [0.15, 0.2) is 0 Å². The Kier molecular flexibility index (Phi) is 8.52. The van der Waals surface area contributed by atoms with Crippen molar-refractivity contribution in [3.63, 3.8) is 0 Å². The molecule has 0 nitrogen and oxygen atoms in total. The van der Waals surface area contributed by atoms with E-state index in [9.17, 15) is 57.1 Å². The van der Waals surface area contributed by atoms with Crippen LogP contribution in [-0.2, 0) is 0 Å². The summed E-state index contributed by atoms with van der Waals surface area (Å²) >= 11 is 2.96. The van der Waals surface area contributed by atoms with E-state index in [1.54, 1.807) is 6.92 Å². The van der Waals surface area contributed by atoms with E-state index in [0.29, 0.717) is 0 Å². The van der Waals surface area contributed by atoms with Gasteiger partial charge in [-0.3, -0.25) is 0 Å². The van der Waals surface area contributed by atoms with Crippen LogP contribution in [0.4, 0.5) is 57.1 Å². The fourth-order valence-corrected chi connectivity index (χ4v) is 2.99. The third-order valence-corrected chi connectivity index (χ3v) is 5.04. The van der Waals surface area contributed by atoms with Crippen molar-refractivity contribution in [2.45, 2.75) is 69.8 Å². The van der Waals surface area contributed by atoms with E-state index in [2.05, 4.69) is 0 Å². The largest absolute Gasteiger partial charge is 0.460 e. The summed E-state index contributed by atoms with van der Waals surface area (Å²) in [5.41, 5.74) is 0. The molecule has 0 spiro atoms. The van der Waals surface area contributed by atoms with Gasteiger partial charge in [0.25, 0.3) is 0 Å². The topological polar surface area (TPSA) is 0 Å². The summed E-state index contributed by atoms with van der Waals surface area (Å²) in [4.78, 5) is 0. The Morgan fingerprint density at radius 1 is 0.593 bits per heavy atom. The first-order chi connectivity index (χ1) is 11.6. The highest BCUT2D eigenvalue weighted by Gasteiger charge is 2.90. The Bertz CT molecular complexity index is 498. The van der Waals surface area contributed by atoms with Gasteiger partial charge in [-0.1, -0.05) is 52.1 Å². The number of hydrogen-bond donors (Lipinski definition) is 0. The summed E-state index contributed by atoms with van der Waals surface area (Å²) in [6.45, 7) is 1.59. The van der Waals surface area contributed by atoms with Crippen molar-refractivity contribution < 1.29 is 57.1 Å². The molecule has 0 amide bonds. The van der Waals surface area contributed by atoms with Gasteiger partial charge in [-0.25, -0.2) is 0 Å². The zero-order valence-corrected chi connectivity index (χ0v) is 17.3. The van der Waals surface area contributed by atoms with Crippen LogP contribution in [0, 0.1) is 0 Å². The van der Waals surface area contributed by atoms with Gasteiger partial charge >= 0.3 is 35.8 Å². The van der Waals surface area contributed by atoms with Crippen molar-refractivity contribution in [2.24, 2.45) is 0 Å². The molecule has 0 radical (unpaired) electrons. The Hall–Kier alpha value is 0.550. The van der Waals surface area contributed by atoms with Gasteiger partial charge in [-0.05, 0) is 12.8 Å². The molecule has 0 aliphatic heterocycles. The molecule has 0 rings (SSSR count). The minimum absolute atomic E-state index is 0.147. The Morgan fingerprint density at radius 3 is 1.30 bits per heavy atom. The summed E-state index contributed by atoms with van der Waals surface area (Å²) in [6.07, 6.45) is -9.60. The fourth-order valence-electron chi connectivity index (χ4n) is 1.72. The average molecular weight is 656 g/mol. The monoisotopic (exact) mass is 656 g/mol. The van der Waals surface area contributed by atoms with Crippen LogP contribution in [0.25, 0.3) is 0 Å². The summed E-state index contributed by atoms with van der Waals surface area (Å²) in [5.74, 6) is -36.4. The molecule has 0 heterocycles. The van der Waals surface area contributed by atoms with Gasteiger partial charge in [0, 0.05) is 14.3 Å². The van der Waals surface area contributed by atoms with Crippen LogP contribution in [0.5, 0.6) is 0 Å². The summed E-state index contributed by atoms with van der Waals surface area (Å²) in [6, 6.07) is 0. The van der Waals surface area contributed by atoms with Crippen LogP contribution in [-0.4, -0.2) is 43.6 Å². The van der Waals surface area contributed by atoms with Gasteiger partial charge < -0.3 is 0 Å². The lowest BCUT2D eigenvalue weighted by atomic mass is 9.91. The fraction of sp³-hybridized carbons (Fsp3) is 1.00. The normalized spacial score (nSPS) is 17.8. The maximum atomic E-state index is 13.6. The Morgan fingerprint density at radius 2 is 0.963 bits per heavy atom. The van der Waals surface area contributed by atoms with Crippen LogP contribution < -0.4 is 0 Å². The van der Waals surface area contributed by atoms with Crippen molar-refractivity contribution >= 4 is 45.2 Å². The molecular weight excluding hydrogens is 645 g/mol. The smallest absolute Gasteiger partial charge is 0.200 e. The highest BCUT2D eigenvalue weighted by molar-refractivity contribution is 14.1.